The minimum Gasteiger partial charge on any atom is -0.329 e. The summed E-state index contributed by atoms with van der Waals surface area (Å²) in [6.45, 7) is 2.71. The molecule has 15 heavy (non-hydrogen) atoms. The van der Waals surface area contributed by atoms with Gasteiger partial charge in [-0.1, -0.05) is 25.2 Å². The molecule has 1 aliphatic carbocycles. The molecule has 0 saturated carbocycles. The predicted molar refractivity (Wildman–Crippen MR) is 57.2 cm³/mol. The van der Waals surface area contributed by atoms with Gasteiger partial charge in [0, 0.05) is 18.0 Å². The minimum absolute atomic E-state index is 0.0297. The number of amides is 1. The van der Waals surface area contributed by atoms with Crippen LogP contribution in [0.5, 0.6) is 0 Å². The van der Waals surface area contributed by atoms with Crippen molar-refractivity contribution in [3.05, 3.63) is 23.8 Å². The van der Waals surface area contributed by atoms with Gasteiger partial charge in [0.25, 0.3) is 5.91 Å². The molecule has 1 amide bonds. The molecule has 0 aromatic rings. The molecule has 0 spiro atoms. The first-order chi connectivity index (χ1) is 7.24. The van der Waals surface area contributed by atoms with Crippen LogP contribution in [0.3, 0.4) is 0 Å². The maximum absolute atomic E-state index is 12.1. The lowest BCUT2D eigenvalue weighted by molar-refractivity contribution is -0.131. The summed E-state index contributed by atoms with van der Waals surface area (Å²) in [6, 6.07) is -0.203. The third-order valence-corrected chi connectivity index (χ3v) is 3.13. The molecule has 0 bridgehead atoms. The van der Waals surface area contributed by atoms with Gasteiger partial charge in [-0.05, 0) is 12.8 Å². The lowest BCUT2D eigenvalue weighted by Crippen LogP contribution is -2.38. The van der Waals surface area contributed by atoms with Crippen LogP contribution in [-0.2, 0) is 9.59 Å². The Balaban J connectivity index is 2.11. The summed E-state index contributed by atoms with van der Waals surface area (Å²) in [7, 11) is 0. The molecule has 2 rings (SSSR count). The Labute approximate surface area is 89.4 Å². The zero-order chi connectivity index (χ0) is 10.8. The van der Waals surface area contributed by atoms with E-state index >= 15 is 0 Å². The van der Waals surface area contributed by atoms with Crippen LogP contribution < -0.4 is 0 Å². The van der Waals surface area contributed by atoms with Crippen molar-refractivity contribution in [3.63, 3.8) is 0 Å². The topological polar surface area (TPSA) is 37.4 Å². The molecule has 1 saturated heterocycles. The Morgan fingerprint density at radius 3 is 3.00 bits per heavy atom. The monoisotopic (exact) mass is 205 g/mol. The summed E-state index contributed by atoms with van der Waals surface area (Å²) < 4.78 is 0. The van der Waals surface area contributed by atoms with Crippen LogP contribution in [0.15, 0.2) is 23.8 Å². The lowest BCUT2D eigenvalue weighted by atomic mass is 10.0. The molecule has 2 atom stereocenters. The van der Waals surface area contributed by atoms with Crippen molar-refractivity contribution in [2.45, 2.75) is 25.8 Å². The molecule has 0 N–H and O–H groups in total. The number of allylic oxidation sites excluding steroid dienone is 3. The van der Waals surface area contributed by atoms with Gasteiger partial charge in [-0.15, -0.1) is 0 Å². The van der Waals surface area contributed by atoms with Gasteiger partial charge in [-0.25, -0.2) is 0 Å². The fraction of sp³-hybridized carbons (Fsp3) is 0.500. The van der Waals surface area contributed by atoms with Crippen molar-refractivity contribution in [3.8, 4) is 0 Å². The van der Waals surface area contributed by atoms with E-state index in [1.165, 1.54) is 0 Å². The van der Waals surface area contributed by atoms with E-state index in [2.05, 4.69) is 0 Å². The molecule has 0 aromatic carbocycles. The molecule has 1 heterocycles. The highest BCUT2D eigenvalue weighted by Gasteiger charge is 2.31. The fourth-order valence-electron chi connectivity index (χ4n) is 2.20. The highest BCUT2D eigenvalue weighted by atomic mass is 16.2. The zero-order valence-corrected chi connectivity index (χ0v) is 8.85. The van der Waals surface area contributed by atoms with Gasteiger partial charge in [-0.2, -0.15) is 0 Å². The van der Waals surface area contributed by atoms with Crippen molar-refractivity contribution in [2.24, 2.45) is 5.92 Å². The molecule has 0 radical (unpaired) electrons. The maximum atomic E-state index is 12.1. The van der Waals surface area contributed by atoms with Crippen LogP contribution in [0.25, 0.3) is 0 Å². The molecule has 1 unspecified atom stereocenters. The predicted octanol–water partition coefficient (Wildman–Crippen LogP) is 1.31. The largest absolute Gasteiger partial charge is 0.329 e. The van der Waals surface area contributed by atoms with E-state index in [-0.39, 0.29) is 17.9 Å². The van der Waals surface area contributed by atoms with Crippen LogP contribution in [-0.4, -0.2) is 29.7 Å². The van der Waals surface area contributed by atoms with Crippen LogP contribution in [0.1, 0.15) is 19.8 Å². The summed E-state index contributed by atoms with van der Waals surface area (Å²) in [5.74, 6) is 0.215. The van der Waals surface area contributed by atoms with E-state index in [1.54, 1.807) is 4.90 Å². The molecule has 1 aliphatic heterocycles. The van der Waals surface area contributed by atoms with Crippen LogP contribution in [0.4, 0.5) is 0 Å². The summed E-state index contributed by atoms with van der Waals surface area (Å²) in [5, 5.41) is 0. The van der Waals surface area contributed by atoms with Crippen molar-refractivity contribution < 1.29 is 9.59 Å². The van der Waals surface area contributed by atoms with Crippen molar-refractivity contribution in [1.82, 2.24) is 4.90 Å². The molecule has 3 heteroatoms. The Bertz CT molecular complexity index is 344. The summed E-state index contributed by atoms with van der Waals surface area (Å²) in [5.41, 5.74) is 0.809. The summed E-state index contributed by atoms with van der Waals surface area (Å²) in [4.78, 5) is 24.6. The van der Waals surface area contributed by atoms with Crippen molar-refractivity contribution >= 4 is 12.2 Å². The second-order valence-electron chi connectivity index (χ2n) is 4.14. The number of rotatable bonds is 2. The van der Waals surface area contributed by atoms with Crippen molar-refractivity contribution in [2.75, 3.05) is 6.54 Å². The van der Waals surface area contributed by atoms with E-state index < -0.39 is 0 Å². The second-order valence-corrected chi connectivity index (χ2v) is 4.14. The summed E-state index contributed by atoms with van der Waals surface area (Å²) >= 11 is 0. The molecule has 80 valence electrons. The number of aldehydes is 1. The molecule has 0 aromatic heterocycles. The van der Waals surface area contributed by atoms with Gasteiger partial charge in [0.15, 0.2) is 0 Å². The van der Waals surface area contributed by atoms with E-state index in [0.717, 1.165) is 24.7 Å². The number of carbonyl (C=O) groups excluding carboxylic acids is 2. The van der Waals surface area contributed by atoms with E-state index in [0.29, 0.717) is 6.54 Å². The lowest BCUT2D eigenvalue weighted by Gasteiger charge is -2.22. The number of hydrogen-bond donors (Lipinski definition) is 0. The Morgan fingerprint density at radius 2 is 2.40 bits per heavy atom. The molecular weight excluding hydrogens is 190 g/mol. The first kappa shape index (κ1) is 10.1. The highest BCUT2D eigenvalue weighted by molar-refractivity contribution is 5.96. The first-order valence-corrected chi connectivity index (χ1v) is 5.38. The molecule has 2 aliphatic rings. The average Bonchev–Trinajstić information content (AvgIpc) is 2.84. The Hall–Kier alpha value is -1.38. The van der Waals surface area contributed by atoms with E-state index in [9.17, 15) is 9.59 Å². The third kappa shape index (κ3) is 1.74. The van der Waals surface area contributed by atoms with Gasteiger partial charge in [0.1, 0.15) is 6.29 Å². The average molecular weight is 205 g/mol. The number of carbonyl (C=O) groups is 2. The minimum atomic E-state index is -0.203. The Kier molecular flexibility index (Phi) is 2.71. The van der Waals surface area contributed by atoms with E-state index in [1.807, 2.05) is 25.2 Å². The fourth-order valence-corrected chi connectivity index (χ4v) is 2.20. The van der Waals surface area contributed by atoms with Gasteiger partial charge in [0.05, 0.1) is 6.04 Å². The second kappa shape index (κ2) is 4.01. The van der Waals surface area contributed by atoms with Gasteiger partial charge in [0.2, 0.25) is 0 Å². The van der Waals surface area contributed by atoms with Crippen LogP contribution in [0, 0.1) is 5.92 Å². The van der Waals surface area contributed by atoms with E-state index in [4.69, 9.17) is 0 Å². The van der Waals surface area contributed by atoms with Crippen LogP contribution >= 0.6 is 0 Å². The molecule has 1 fully saturated rings. The normalized spacial score (nSPS) is 29.4. The Morgan fingerprint density at radius 1 is 1.60 bits per heavy atom. The number of nitrogens with zero attached hydrogens (tertiary/aromatic N) is 1. The smallest absolute Gasteiger partial charge is 0.250 e. The SMILES string of the molecule is CC1C=CC=C1C(=O)N1CCC[C@H]1C=O. The van der Waals surface area contributed by atoms with Crippen LogP contribution in [0.2, 0.25) is 0 Å². The number of likely N-dealkylation sites (tertiary alicyclic amines) is 1. The molecule has 3 nitrogen and oxygen atoms in total. The molecular formula is C12H15NO2. The quantitative estimate of drug-likeness (QED) is 0.637. The third-order valence-electron chi connectivity index (χ3n) is 3.13. The number of hydrogen-bond acceptors (Lipinski definition) is 2. The summed E-state index contributed by atoms with van der Waals surface area (Å²) in [6.07, 6.45) is 8.39. The highest BCUT2D eigenvalue weighted by Crippen LogP contribution is 2.25. The van der Waals surface area contributed by atoms with Gasteiger partial charge < -0.3 is 9.69 Å². The maximum Gasteiger partial charge on any atom is 0.250 e. The first-order valence-electron chi connectivity index (χ1n) is 5.38. The van der Waals surface area contributed by atoms with Gasteiger partial charge >= 0.3 is 0 Å². The van der Waals surface area contributed by atoms with Crippen molar-refractivity contribution in [1.29, 1.82) is 0 Å². The van der Waals surface area contributed by atoms with Gasteiger partial charge in [-0.3, -0.25) is 4.79 Å². The standard InChI is InChI=1S/C12H15NO2/c1-9-4-2-6-11(9)12(15)13-7-3-5-10(13)8-14/h2,4,6,8-10H,3,5,7H2,1H3/t9?,10-/m0/s1. The zero-order valence-electron chi connectivity index (χ0n) is 8.85.